The van der Waals surface area contributed by atoms with Gasteiger partial charge in [0.05, 0.1) is 28.1 Å². The number of halogens is 3. The Morgan fingerprint density at radius 3 is 2.52 bits per heavy atom. The van der Waals surface area contributed by atoms with Crippen molar-refractivity contribution < 1.29 is 28.2 Å². The topological polar surface area (TPSA) is 120 Å². The zero-order valence-electron chi connectivity index (χ0n) is 16.3. The van der Waals surface area contributed by atoms with Crippen molar-refractivity contribution in [3.05, 3.63) is 75.2 Å². The number of carbonyl (C=O) groups excluding carboxylic acids is 1. The second-order valence-corrected chi connectivity index (χ2v) is 6.64. The van der Waals surface area contributed by atoms with Gasteiger partial charge in [0, 0.05) is 11.8 Å². The van der Waals surface area contributed by atoms with E-state index < -0.39 is 29.0 Å². The molecule has 0 fully saturated rings. The number of hydrazone groups is 1. The van der Waals surface area contributed by atoms with E-state index in [1.807, 2.05) is 0 Å². The number of amides is 1. The van der Waals surface area contributed by atoms with Crippen molar-refractivity contribution in [2.24, 2.45) is 5.10 Å². The van der Waals surface area contributed by atoms with E-state index in [-0.39, 0.29) is 28.3 Å². The molecular weight excluding hydrogens is 417 g/mol. The highest BCUT2D eigenvalue weighted by Crippen LogP contribution is 2.30. The Balaban J connectivity index is 1.91. The third-order valence-electron chi connectivity index (χ3n) is 4.42. The third kappa shape index (κ3) is 4.44. The Labute approximate surface area is 173 Å². The van der Waals surface area contributed by atoms with Gasteiger partial charge in [-0.3, -0.25) is 14.7 Å². The first-order valence-corrected chi connectivity index (χ1v) is 8.85. The van der Waals surface area contributed by atoms with Gasteiger partial charge in [-0.1, -0.05) is 6.07 Å². The van der Waals surface area contributed by atoms with Crippen LogP contribution in [0.15, 0.2) is 52.4 Å². The van der Waals surface area contributed by atoms with E-state index in [0.29, 0.717) is 5.69 Å². The smallest absolute Gasteiger partial charge is 0.416 e. The molecule has 0 aliphatic carbocycles. The van der Waals surface area contributed by atoms with Gasteiger partial charge in [-0.25, -0.2) is 10.1 Å². The zero-order chi connectivity index (χ0) is 22.9. The molecule has 0 saturated heterocycles. The van der Waals surface area contributed by atoms with Crippen molar-refractivity contribution in [3.8, 4) is 17.2 Å². The lowest BCUT2D eigenvalue weighted by atomic mass is 10.1. The summed E-state index contributed by atoms with van der Waals surface area (Å²) in [4.78, 5) is 25.0. The van der Waals surface area contributed by atoms with Crippen LogP contribution in [-0.4, -0.2) is 31.6 Å². The van der Waals surface area contributed by atoms with Crippen LogP contribution in [0, 0.1) is 6.92 Å². The molecule has 0 saturated carbocycles. The standard InChI is InChI=1S/C20H17F3N4O4/c1-10(24-25-18(30)15-7-6-14(28)9-16(15)29)17-11(2)26-27(19(17)31)13-5-3-4-12(8-13)20(21,22)23/h3-9,26,28-29H,1-2H3,(H,25,30)/b24-10-. The molecule has 11 heteroatoms. The van der Waals surface area contributed by atoms with Gasteiger partial charge < -0.3 is 10.2 Å². The minimum absolute atomic E-state index is 0.0139. The largest absolute Gasteiger partial charge is 0.508 e. The Morgan fingerprint density at radius 2 is 1.87 bits per heavy atom. The molecule has 0 aliphatic rings. The number of phenolic OH excluding ortho intramolecular Hbond substituents is 2. The molecule has 0 spiro atoms. The number of rotatable bonds is 4. The van der Waals surface area contributed by atoms with Gasteiger partial charge in [0.15, 0.2) is 0 Å². The molecule has 8 nitrogen and oxygen atoms in total. The highest BCUT2D eigenvalue weighted by atomic mass is 19.4. The maximum absolute atomic E-state index is 13.0. The fraction of sp³-hybridized carbons (Fsp3) is 0.150. The van der Waals surface area contributed by atoms with Gasteiger partial charge in [0.1, 0.15) is 11.5 Å². The first-order valence-electron chi connectivity index (χ1n) is 8.85. The van der Waals surface area contributed by atoms with Gasteiger partial charge in [0.2, 0.25) is 0 Å². The fourth-order valence-electron chi connectivity index (χ4n) is 2.94. The summed E-state index contributed by atoms with van der Waals surface area (Å²) in [5.41, 5.74) is 0.944. The summed E-state index contributed by atoms with van der Waals surface area (Å²) in [6.45, 7) is 2.97. The van der Waals surface area contributed by atoms with Crippen LogP contribution >= 0.6 is 0 Å². The summed E-state index contributed by atoms with van der Waals surface area (Å²) in [5.74, 6) is -1.48. The van der Waals surface area contributed by atoms with Gasteiger partial charge >= 0.3 is 6.18 Å². The number of carbonyl (C=O) groups is 1. The third-order valence-corrected chi connectivity index (χ3v) is 4.42. The lowest BCUT2D eigenvalue weighted by Gasteiger charge is -2.08. The number of aromatic hydroxyl groups is 2. The van der Waals surface area contributed by atoms with E-state index in [1.54, 1.807) is 0 Å². The Bertz CT molecular complexity index is 1240. The quantitative estimate of drug-likeness (QED) is 0.373. The molecule has 0 atom stereocenters. The summed E-state index contributed by atoms with van der Waals surface area (Å²) in [6.07, 6.45) is -4.56. The van der Waals surface area contributed by atoms with Crippen molar-refractivity contribution in [1.82, 2.24) is 15.2 Å². The minimum atomic E-state index is -4.56. The van der Waals surface area contributed by atoms with E-state index in [1.165, 1.54) is 38.1 Å². The zero-order valence-corrected chi connectivity index (χ0v) is 16.3. The lowest BCUT2D eigenvalue weighted by Crippen LogP contribution is -2.23. The number of hydrogen-bond donors (Lipinski definition) is 4. The number of benzene rings is 2. The summed E-state index contributed by atoms with van der Waals surface area (Å²) >= 11 is 0. The van der Waals surface area contributed by atoms with E-state index in [4.69, 9.17) is 0 Å². The second kappa shape index (κ2) is 8.01. The molecule has 2 aromatic carbocycles. The van der Waals surface area contributed by atoms with Crippen LogP contribution in [0.3, 0.4) is 0 Å². The first kappa shape index (κ1) is 21.7. The van der Waals surface area contributed by atoms with Gasteiger partial charge in [-0.05, 0) is 44.2 Å². The van der Waals surface area contributed by atoms with E-state index in [2.05, 4.69) is 15.6 Å². The number of hydrogen-bond acceptors (Lipinski definition) is 5. The summed E-state index contributed by atoms with van der Waals surface area (Å²) in [5, 5.41) is 25.6. The number of aromatic amines is 1. The van der Waals surface area contributed by atoms with Crippen LogP contribution in [-0.2, 0) is 6.18 Å². The Morgan fingerprint density at radius 1 is 1.16 bits per heavy atom. The van der Waals surface area contributed by atoms with Gasteiger partial charge in [0.25, 0.3) is 11.5 Å². The minimum Gasteiger partial charge on any atom is -0.508 e. The SMILES string of the molecule is C/C(=N/NC(=O)c1ccc(O)cc1O)c1c(C)[nH]n(-c2cccc(C(F)(F)F)c2)c1=O. The average Bonchev–Trinajstić information content (AvgIpc) is 2.99. The Kier molecular flexibility index (Phi) is 5.60. The molecular formula is C20H17F3N4O4. The van der Waals surface area contributed by atoms with Crippen molar-refractivity contribution in [1.29, 1.82) is 0 Å². The normalized spacial score (nSPS) is 12.1. The molecule has 0 bridgehead atoms. The van der Waals surface area contributed by atoms with E-state index in [9.17, 15) is 33.0 Å². The van der Waals surface area contributed by atoms with Crippen molar-refractivity contribution in [3.63, 3.8) is 0 Å². The predicted octanol–water partition coefficient (Wildman–Crippen LogP) is 3.06. The van der Waals surface area contributed by atoms with Crippen LogP contribution in [0.1, 0.15) is 34.1 Å². The van der Waals surface area contributed by atoms with Crippen LogP contribution in [0.4, 0.5) is 13.2 Å². The number of nitrogens with zero attached hydrogens (tertiary/aromatic N) is 2. The molecule has 0 radical (unpaired) electrons. The Hall–Kier alpha value is -4.02. The van der Waals surface area contributed by atoms with Gasteiger partial charge in [-0.2, -0.15) is 18.3 Å². The highest BCUT2D eigenvalue weighted by molar-refractivity contribution is 6.02. The second-order valence-electron chi connectivity index (χ2n) is 6.64. The van der Waals surface area contributed by atoms with Crippen molar-refractivity contribution in [2.45, 2.75) is 20.0 Å². The van der Waals surface area contributed by atoms with Crippen LogP contribution in [0.2, 0.25) is 0 Å². The molecule has 3 rings (SSSR count). The van der Waals surface area contributed by atoms with Crippen LogP contribution in [0.5, 0.6) is 11.5 Å². The summed E-state index contributed by atoms with van der Waals surface area (Å²) in [6, 6.07) is 7.64. The number of nitrogens with one attached hydrogen (secondary N) is 2. The summed E-state index contributed by atoms with van der Waals surface area (Å²) < 4.78 is 39.9. The summed E-state index contributed by atoms with van der Waals surface area (Å²) in [7, 11) is 0. The molecule has 1 aromatic heterocycles. The number of phenols is 2. The predicted molar refractivity (Wildman–Crippen MR) is 106 cm³/mol. The maximum Gasteiger partial charge on any atom is 0.416 e. The number of alkyl halides is 3. The molecule has 0 unspecified atom stereocenters. The van der Waals surface area contributed by atoms with E-state index in [0.717, 1.165) is 22.9 Å². The number of aryl methyl sites for hydroxylation is 1. The lowest BCUT2D eigenvalue weighted by molar-refractivity contribution is -0.137. The molecule has 162 valence electrons. The number of H-pyrrole nitrogens is 1. The highest BCUT2D eigenvalue weighted by Gasteiger charge is 2.30. The molecule has 3 aromatic rings. The first-order chi connectivity index (χ1) is 14.5. The molecule has 0 aliphatic heterocycles. The van der Waals surface area contributed by atoms with Crippen molar-refractivity contribution in [2.75, 3.05) is 0 Å². The molecule has 1 amide bonds. The van der Waals surface area contributed by atoms with Crippen molar-refractivity contribution >= 4 is 11.6 Å². The molecule has 1 heterocycles. The van der Waals surface area contributed by atoms with Crippen LogP contribution < -0.4 is 11.0 Å². The molecule has 4 N–H and O–H groups in total. The molecule has 31 heavy (non-hydrogen) atoms. The fourth-order valence-corrected chi connectivity index (χ4v) is 2.94. The van der Waals surface area contributed by atoms with Crippen LogP contribution in [0.25, 0.3) is 5.69 Å². The number of aromatic nitrogens is 2. The maximum atomic E-state index is 13.0. The van der Waals surface area contributed by atoms with Gasteiger partial charge in [-0.15, -0.1) is 0 Å². The van der Waals surface area contributed by atoms with E-state index >= 15 is 0 Å². The average molecular weight is 434 g/mol. The monoisotopic (exact) mass is 434 g/mol.